The average Bonchev–Trinajstić information content (AvgIpc) is 3.73. The molecule has 0 amide bonds. The third-order valence-electron chi connectivity index (χ3n) is 7.58. The number of nitrogens with zero attached hydrogens (tertiary/aromatic N) is 7. The first kappa shape index (κ1) is 23.1. The Bertz CT molecular complexity index is 1560. The molecule has 2 aliphatic rings. The van der Waals surface area contributed by atoms with E-state index in [1.165, 1.54) is 45.2 Å². The monoisotopic (exact) mass is 509 g/mol. The summed E-state index contributed by atoms with van der Waals surface area (Å²) >= 11 is 0. The van der Waals surface area contributed by atoms with Crippen molar-refractivity contribution in [2.75, 3.05) is 44.2 Å². The zero-order valence-electron chi connectivity index (χ0n) is 21.4. The van der Waals surface area contributed by atoms with E-state index in [1.54, 1.807) is 6.20 Å². The molecule has 0 aliphatic carbocycles. The number of aromatic nitrogens is 7. The van der Waals surface area contributed by atoms with Crippen LogP contribution in [0, 0.1) is 0 Å². The summed E-state index contributed by atoms with van der Waals surface area (Å²) in [6.07, 6.45) is 11.7. The van der Waals surface area contributed by atoms with Gasteiger partial charge in [-0.3, -0.25) is 15.0 Å². The summed E-state index contributed by atoms with van der Waals surface area (Å²) in [6.45, 7) is 6.04. The fraction of sp³-hybridized carbons (Fsp3) is 0.393. The Morgan fingerprint density at radius 2 is 1.79 bits per heavy atom. The number of hydrogen-bond donors (Lipinski definition) is 2. The molecule has 0 atom stereocenters. The number of likely N-dealkylation sites (tertiary alicyclic amines) is 1. The van der Waals surface area contributed by atoms with Crippen molar-refractivity contribution in [1.82, 2.24) is 40.0 Å². The van der Waals surface area contributed by atoms with E-state index in [9.17, 15) is 0 Å². The molecule has 0 spiro atoms. The van der Waals surface area contributed by atoms with Gasteiger partial charge >= 0.3 is 0 Å². The number of aromatic amines is 2. The van der Waals surface area contributed by atoms with Crippen molar-refractivity contribution < 1.29 is 4.74 Å². The quantitative estimate of drug-likeness (QED) is 0.332. The van der Waals surface area contributed by atoms with Gasteiger partial charge in [0, 0.05) is 37.6 Å². The summed E-state index contributed by atoms with van der Waals surface area (Å²) in [7, 11) is 0. The molecule has 2 fully saturated rings. The minimum Gasteiger partial charge on any atom is -0.491 e. The molecule has 0 bridgehead atoms. The maximum atomic E-state index is 6.01. The summed E-state index contributed by atoms with van der Waals surface area (Å²) < 4.78 is 6.01. The molecule has 10 nitrogen and oxygen atoms in total. The van der Waals surface area contributed by atoms with Gasteiger partial charge in [-0.1, -0.05) is 0 Å². The lowest BCUT2D eigenvalue weighted by Gasteiger charge is -2.28. The molecular formula is C28H31N9O. The van der Waals surface area contributed by atoms with Gasteiger partial charge in [-0.05, 0) is 69.5 Å². The molecule has 5 aromatic rings. The van der Waals surface area contributed by atoms with Crippen LogP contribution < -0.4 is 9.64 Å². The number of imidazole rings is 1. The lowest BCUT2D eigenvalue weighted by Crippen LogP contribution is -2.29. The third kappa shape index (κ3) is 4.45. The fourth-order valence-corrected chi connectivity index (χ4v) is 5.57. The normalized spacial score (nSPS) is 16.6. The highest BCUT2D eigenvalue weighted by Crippen LogP contribution is 2.31. The van der Waals surface area contributed by atoms with Crippen LogP contribution in [0.3, 0.4) is 0 Å². The zero-order valence-corrected chi connectivity index (χ0v) is 21.4. The number of nitrogens with one attached hydrogen (secondary N) is 2. The highest BCUT2D eigenvalue weighted by atomic mass is 16.5. The van der Waals surface area contributed by atoms with Gasteiger partial charge in [0.05, 0.1) is 23.1 Å². The smallest absolute Gasteiger partial charge is 0.180 e. The average molecular weight is 510 g/mol. The van der Waals surface area contributed by atoms with Crippen LogP contribution in [0.1, 0.15) is 32.1 Å². The lowest BCUT2D eigenvalue weighted by molar-refractivity contribution is 0.237. The second kappa shape index (κ2) is 10.0. The van der Waals surface area contributed by atoms with E-state index in [0.717, 1.165) is 58.9 Å². The Morgan fingerprint density at radius 1 is 0.921 bits per heavy atom. The van der Waals surface area contributed by atoms with E-state index in [-0.39, 0.29) is 0 Å². The molecule has 7 rings (SSSR count). The van der Waals surface area contributed by atoms with E-state index in [0.29, 0.717) is 23.8 Å². The Balaban J connectivity index is 1.18. The second-order valence-corrected chi connectivity index (χ2v) is 10.1. The van der Waals surface area contributed by atoms with Crippen LogP contribution in [-0.4, -0.2) is 79.3 Å². The van der Waals surface area contributed by atoms with Gasteiger partial charge in [-0.25, -0.2) is 15.0 Å². The van der Waals surface area contributed by atoms with Gasteiger partial charge in [0.25, 0.3) is 0 Å². The first-order valence-electron chi connectivity index (χ1n) is 13.6. The van der Waals surface area contributed by atoms with Gasteiger partial charge in [-0.2, -0.15) is 5.10 Å². The first-order valence-corrected chi connectivity index (χ1v) is 13.6. The van der Waals surface area contributed by atoms with Gasteiger partial charge in [0.2, 0.25) is 0 Å². The molecule has 38 heavy (non-hydrogen) atoms. The minimum atomic E-state index is 0.656. The Hall–Kier alpha value is -4.05. The second-order valence-electron chi connectivity index (χ2n) is 10.1. The minimum absolute atomic E-state index is 0.656. The number of anilines is 1. The van der Waals surface area contributed by atoms with E-state index in [1.807, 2.05) is 30.6 Å². The predicted octanol–water partition coefficient (Wildman–Crippen LogP) is 4.42. The Kier molecular flexibility index (Phi) is 6.09. The van der Waals surface area contributed by atoms with Crippen LogP contribution in [0.25, 0.3) is 45.0 Å². The molecule has 2 N–H and O–H groups in total. The lowest BCUT2D eigenvalue weighted by atomic mass is 10.1. The molecular weight excluding hydrogens is 478 g/mol. The summed E-state index contributed by atoms with van der Waals surface area (Å²) in [6, 6.07) is 8.04. The van der Waals surface area contributed by atoms with Crippen LogP contribution in [0.5, 0.6) is 5.75 Å². The molecule has 0 saturated carbocycles. The van der Waals surface area contributed by atoms with Gasteiger partial charge < -0.3 is 14.6 Å². The Labute approximate surface area is 220 Å². The van der Waals surface area contributed by atoms with Crippen molar-refractivity contribution in [2.45, 2.75) is 32.1 Å². The van der Waals surface area contributed by atoms with E-state index in [4.69, 9.17) is 14.7 Å². The maximum absolute atomic E-state index is 6.01. The van der Waals surface area contributed by atoms with Gasteiger partial charge in [0.15, 0.2) is 17.2 Å². The zero-order chi connectivity index (χ0) is 25.3. The maximum Gasteiger partial charge on any atom is 0.180 e. The number of hydrogen-bond acceptors (Lipinski definition) is 8. The van der Waals surface area contributed by atoms with Gasteiger partial charge in [0.1, 0.15) is 23.4 Å². The highest BCUT2D eigenvalue weighted by Gasteiger charge is 2.20. The van der Waals surface area contributed by atoms with Crippen molar-refractivity contribution in [3.63, 3.8) is 0 Å². The largest absolute Gasteiger partial charge is 0.491 e. The molecule has 0 unspecified atom stereocenters. The van der Waals surface area contributed by atoms with Crippen molar-refractivity contribution >= 4 is 27.9 Å². The van der Waals surface area contributed by atoms with Crippen LogP contribution in [0.2, 0.25) is 0 Å². The summed E-state index contributed by atoms with van der Waals surface area (Å²) in [5.41, 5.74) is 6.76. The topological polar surface area (TPSA) is 112 Å². The number of pyridine rings is 3. The number of H-pyrrole nitrogens is 2. The van der Waals surface area contributed by atoms with Crippen LogP contribution in [0.15, 0.2) is 42.9 Å². The molecule has 0 radical (unpaired) electrons. The van der Waals surface area contributed by atoms with Gasteiger partial charge in [-0.15, -0.1) is 0 Å². The molecule has 2 saturated heterocycles. The Morgan fingerprint density at radius 3 is 2.68 bits per heavy atom. The SMILES string of the molecule is c1cc(N2CCCCC2)c2[nH]c(-c3n[nH]c4ccc(-c5cncc(OCCN6CCCC6)c5)nc34)nc2n1. The number of rotatable bonds is 7. The molecule has 10 heteroatoms. The summed E-state index contributed by atoms with van der Waals surface area (Å²) in [5, 5.41) is 7.67. The van der Waals surface area contributed by atoms with E-state index in [2.05, 4.69) is 41.0 Å². The molecule has 2 aliphatic heterocycles. The summed E-state index contributed by atoms with van der Waals surface area (Å²) in [4.78, 5) is 27.0. The van der Waals surface area contributed by atoms with E-state index < -0.39 is 0 Å². The number of fused-ring (bicyclic) bond motifs is 2. The van der Waals surface area contributed by atoms with Crippen molar-refractivity contribution in [2.24, 2.45) is 0 Å². The summed E-state index contributed by atoms with van der Waals surface area (Å²) in [5.74, 6) is 1.41. The highest BCUT2D eigenvalue weighted by molar-refractivity contribution is 5.93. The van der Waals surface area contributed by atoms with Crippen molar-refractivity contribution in [3.8, 4) is 28.5 Å². The van der Waals surface area contributed by atoms with Crippen LogP contribution >= 0.6 is 0 Å². The molecule has 194 valence electrons. The molecule has 5 aromatic heterocycles. The fourth-order valence-electron chi connectivity index (χ4n) is 5.57. The number of piperidine rings is 1. The molecule has 7 heterocycles. The van der Waals surface area contributed by atoms with Crippen molar-refractivity contribution in [1.29, 1.82) is 0 Å². The van der Waals surface area contributed by atoms with E-state index >= 15 is 0 Å². The van der Waals surface area contributed by atoms with Crippen LogP contribution in [-0.2, 0) is 0 Å². The first-order chi connectivity index (χ1) is 18.8. The van der Waals surface area contributed by atoms with Crippen molar-refractivity contribution in [3.05, 3.63) is 42.9 Å². The predicted molar refractivity (Wildman–Crippen MR) is 147 cm³/mol. The van der Waals surface area contributed by atoms with Crippen LogP contribution in [0.4, 0.5) is 5.69 Å². The third-order valence-corrected chi connectivity index (χ3v) is 7.58. The standard InChI is InChI=1S/C28H31N9O/c1-2-12-37(13-3-1)23-8-9-30-27-25(23)32-28(33-27)26-24-22(34-35-26)7-6-21(31-24)19-16-20(18-29-17-19)38-15-14-36-10-4-5-11-36/h6-9,16-18H,1-5,10-15H2,(H,34,35)(H,30,32,33). The number of ether oxygens (including phenoxy) is 1. The molecule has 0 aromatic carbocycles.